The van der Waals surface area contributed by atoms with Gasteiger partial charge in [0, 0.05) is 12.7 Å². The fourth-order valence-corrected chi connectivity index (χ4v) is 2.30. The number of hydrogen-bond acceptors (Lipinski definition) is 4. The third kappa shape index (κ3) is 2.22. The minimum Gasteiger partial charge on any atom is -0.506 e. The molecule has 0 spiro atoms. The SMILES string of the molecule is Cc1cccc(NC(=O)c2c(O)c3cnn(C)c3[nH]c2=O)c1. The van der Waals surface area contributed by atoms with Crippen molar-refractivity contribution in [1.82, 2.24) is 14.8 Å². The van der Waals surface area contributed by atoms with Crippen LogP contribution in [0.25, 0.3) is 11.0 Å². The molecule has 3 N–H and O–H groups in total. The largest absolute Gasteiger partial charge is 0.506 e. The van der Waals surface area contributed by atoms with Crippen molar-refractivity contribution in [2.24, 2.45) is 7.05 Å². The van der Waals surface area contributed by atoms with Crippen LogP contribution in [-0.4, -0.2) is 25.8 Å². The molecule has 3 rings (SSSR count). The molecule has 0 aliphatic heterocycles. The lowest BCUT2D eigenvalue weighted by atomic mass is 10.1. The van der Waals surface area contributed by atoms with E-state index in [1.165, 1.54) is 10.9 Å². The summed E-state index contributed by atoms with van der Waals surface area (Å²) in [6.45, 7) is 1.89. The second-order valence-electron chi connectivity index (χ2n) is 5.03. The number of rotatable bonds is 2. The molecule has 3 aromatic rings. The number of benzene rings is 1. The molecule has 0 bridgehead atoms. The number of aromatic nitrogens is 3. The van der Waals surface area contributed by atoms with Crippen LogP contribution in [0.2, 0.25) is 0 Å². The topological polar surface area (TPSA) is 100 Å². The average molecular weight is 298 g/mol. The van der Waals surface area contributed by atoms with Crippen molar-refractivity contribution in [3.63, 3.8) is 0 Å². The van der Waals surface area contributed by atoms with Crippen LogP contribution in [0, 0.1) is 6.92 Å². The maximum atomic E-state index is 12.3. The Labute approximate surface area is 125 Å². The molecule has 0 atom stereocenters. The Kier molecular flexibility index (Phi) is 3.17. The van der Waals surface area contributed by atoms with Crippen LogP contribution in [0.15, 0.2) is 35.3 Å². The Bertz CT molecular complexity index is 940. The predicted octanol–water partition coefficient (Wildman–Crippen LogP) is 1.53. The first-order valence-corrected chi connectivity index (χ1v) is 6.62. The molecule has 0 saturated heterocycles. The van der Waals surface area contributed by atoms with E-state index in [9.17, 15) is 14.7 Å². The molecule has 22 heavy (non-hydrogen) atoms. The highest BCUT2D eigenvalue weighted by atomic mass is 16.3. The van der Waals surface area contributed by atoms with Crippen molar-refractivity contribution in [1.29, 1.82) is 0 Å². The van der Waals surface area contributed by atoms with E-state index in [1.807, 2.05) is 13.0 Å². The smallest absolute Gasteiger partial charge is 0.266 e. The molecule has 2 aromatic heterocycles. The van der Waals surface area contributed by atoms with Gasteiger partial charge in [0.1, 0.15) is 17.0 Å². The van der Waals surface area contributed by atoms with Crippen LogP contribution < -0.4 is 10.9 Å². The van der Waals surface area contributed by atoms with Gasteiger partial charge in [0.2, 0.25) is 0 Å². The zero-order valence-electron chi connectivity index (χ0n) is 12.0. The van der Waals surface area contributed by atoms with E-state index >= 15 is 0 Å². The summed E-state index contributed by atoms with van der Waals surface area (Å²) in [7, 11) is 1.63. The van der Waals surface area contributed by atoms with Crippen molar-refractivity contribution >= 4 is 22.6 Å². The summed E-state index contributed by atoms with van der Waals surface area (Å²) in [5.74, 6) is -1.05. The highest BCUT2D eigenvalue weighted by Crippen LogP contribution is 2.24. The van der Waals surface area contributed by atoms with Crippen molar-refractivity contribution in [3.8, 4) is 5.75 Å². The average Bonchev–Trinajstić information content (AvgIpc) is 2.80. The molecular weight excluding hydrogens is 284 g/mol. The van der Waals surface area contributed by atoms with Crippen LogP contribution in [0.5, 0.6) is 5.75 Å². The normalized spacial score (nSPS) is 10.8. The number of carbonyl (C=O) groups is 1. The summed E-state index contributed by atoms with van der Waals surface area (Å²) < 4.78 is 1.42. The lowest BCUT2D eigenvalue weighted by Crippen LogP contribution is -2.23. The number of pyridine rings is 1. The molecule has 0 radical (unpaired) electrons. The molecule has 7 nitrogen and oxygen atoms in total. The van der Waals surface area contributed by atoms with Crippen LogP contribution in [0.1, 0.15) is 15.9 Å². The molecule has 0 aliphatic carbocycles. The second-order valence-corrected chi connectivity index (χ2v) is 5.03. The van der Waals surface area contributed by atoms with Gasteiger partial charge in [-0.05, 0) is 24.6 Å². The molecule has 1 amide bonds. The minimum atomic E-state index is -0.671. The van der Waals surface area contributed by atoms with Crippen molar-refractivity contribution in [2.45, 2.75) is 6.92 Å². The number of aryl methyl sites for hydroxylation is 2. The van der Waals surface area contributed by atoms with Gasteiger partial charge in [-0.25, -0.2) is 0 Å². The fraction of sp³-hybridized carbons (Fsp3) is 0.133. The number of nitrogens with one attached hydrogen (secondary N) is 2. The van der Waals surface area contributed by atoms with E-state index in [-0.39, 0.29) is 11.3 Å². The van der Waals surface area contributed by atoms with Gasteiger partial charge in [-0.3, -0.25) is 14.3 Å². The van der Waals surface area contributed by atoms with Gasteiger partial charge in [0.25, 0.3) is 11.5 Å². The van der Waals surface area contributed by atoms with E-state index in [4.69, 9.17) is 0 Å². The summed E-state index contributed by atoms with van der Waals surface area (Å²) in [5, 5.41) is 17.1. The molecule has 0 fully saturated rings. The minimum absolute atomic E-state index is 0.316. The molecule has 2 heterocycles. The number of amides is 1. The summed E-state index contributed by atoms with van der Waals surface area (Å²) in [6.07, 6.45) is 1.39. The van der Waals surface area contributed by atoms with Gasteiger partial charge in [-0.2, -0.15) is 5.10 Å². The molecule has 0 saturated carbocycles. The summed E-state index contributed by atoms with van der Waals surface area (Å²) in [6, 6.07) is 7.16. The van der Waals surface area contributed by atoms with E-state index in [0.29, 0.717) is 16.7 Å². The predicted molar refractivity (Wildman–Crippen MR) is 82.1 cm³/mol. The first-order valence-electron chi connectivity index (χ1n) is 6.62. The molecule has 0 aliphatic rings. The number of anilines is 1. The summed E-state index contributed by atoms with van der Waals surface area (Å²) >= 11 is 0. The lowest BCUT2D eigenvalue weighted by Gasteiger charge is -2.07. The molecule has 7 heteroatoms. The molecule has 112 valence electrons. The van der Waals surface area contributed by atoms with Crippen LogP contribution in [-0.2, 0) is 7.05 Å². The van der Waals surface area contributed by atoms with Gasteiger partial charge in [0.05, 0.1) is 11.6 Å². The van der Waals surface area contributed by atoms with E-state index in [1.54, 1.807) is 25.2 Å². The lowest BCUT2D eigenvalue weighted by molar-refractivity contribution is 0.102. The number of nitrogens with zero attached hydrogens (tertiary/aromatic N) is 2. The number of aromatic amines is 1. The van der Waals surface area contributed by atoms with Gasteiger partial charge in [-0.15, -0.1) is 0 Å². The van der Waals surface area contributed by atoms with E-state index in [2.05, 4.69) is 15.4 Å². The number of carbonyl (C=O) groups excluding carboxylic acids is 1. The van der Waals surface area contributed by atoms with Crippen LogP contribution >= 0.6 is 0 Å². The molecule has 0 unspecified atom stereocenters. The van der Waals surface area contributed by atoms with E-state index < -0.39 is 11.5 Å². The monoisotopic (exact) mass is 298 g/mol. The number of H-pyrrole nitrogens is 1. The standard InChI is InChI=1S/C15H14N4O3/c1-8-4-3-5-9(6-8)17-14(21)11-12(20)10-7-16-19(2)13(10)18-15(11)22/h3-7H,1-2H3,(H,17,21)(H2,18,20,22). The first kappa shape index (κ1) is 13.9. The van der Waals surface area contributed by atoms with Crippen molar-refractivity contribution < 1.29 is 9.90 Å². The Morgan fingerprint density at radius 1 is 1.41 bits per heavy atom. The maximum absolute atomic E-state index is 12.3. The van der Waals surface area contributed by atoms with E-state index in [0.717, 1.165) is 5.56 Å². The number of aromatic hydroxyl groups is 1. The third-order valence-electron chi connectivity index (χ3n) is 3.39. The Morgan fingerprint density at radius 3 is 2.91 bits per heavy atom. The van der Waals surface area contributed by atoms with Gasteiger partial charge in [-0.1, -0.05) is 12.1 Å². The van der Waals surface area contributed by atoms with Gasteiger partial charge in [0.15, 0.2) is 0 Å². The summed E-state index contributed by atoms with van der Waals surface area (Å²) in [4.78, 5) is 26.9. The molecular formula is C15H14N4O3. The van der Waals surface area contributed by atoms with Crippen molar-refractivity contribution in [3.05, 3.63) is 51.9 Å². The number of fused-ring (bicyclic) bond motifs is 1. The second kappa shape index (κ2) is 5.03. The number of hydrogen-bond donors (Lipinski definition) is 3. The zero-order chi connectivity index (χ0) is 15.9. The Morgan fingerprint density at radius 2 is 2.18 bits per heavy atom. The Balaban J connectivity index is 2.06. The fourth-order valence-electron chi connectivity index (χ4n) is 2.30. The molecule has 1 aromatic carbocycles. The Hall–Kier alpha value is -3.09. The van der Waals surface area contributed by atoms with Crippen LogP contribution in [0.3, 0.4) is 0 Å². The van der Waals surface area contributed by atoms with Crippen LogP contribution in [0.4, 0.5) is 5.69 Å². The zero-order valence-corrected chi connectivity index (χ0v) is 12.0. The maximum Gasteiger partial charge on any atom is 0.266 e. The van der Waals surface area contributed by atoms with Gasteiger partial charge >= 0.3 is 0 Å². The van der Waals surface area contributed by atoms with Gasteiger partial charge < -0.3 is 15.4 Å². The quantitative estimate of drug-likeness (QED) is 0.668. The van der Waals surface area contributed by atoms with Crippen molar-refractivity contribution in [2.75, 3.05) is 5.32 Å². The summed E-state index contributed by atoms with van der Waals surface area (Å²) in [5.41, 5.74) is 0.879. The highest BCUT2D eigenvalue weighted by Gasteiger charge is 2.20. The third-order valence-corrected chi connectivity index (χ3v) is 3.39. The first-order chi connectivity index (χ1) is 10.5. The highest BCUT2D eigenvalue weighted by molar-refractivity contribution is 6.08.